The highest BCUT2D eigenvalue weighted by Gasteiger charge is 2.16. The largest absolute Gasteiger partial charge is 0.462 e. The summed E-state index contributed by atoms with van der Waals surface area (Å²) in [5, 5.41) is 3.60. The van der Waals surface area contributed by atoms with Crippen LogP contribution in [0.5, 0.6) is 0 Å². The molecule has 0 aromatic heterocycles. The van der Waals surface area contributed by atoms with E-state index in [1.54, 1.807) is 0 Å². The molecule has 0 bridgehead atoms. The first-order valence-corrected chi connectivity index (χ1v) is 8.22. The van der Waals surface area contributed by atoms with Gasteiger partial charge in [0, 0.05) is 11.7 Å². The second-order valence-corrected chi connectivity index (χ2v) is 6.17. The molecule has 3 nitrogen and oxygen atoms in total. The van der Waals surface area contributed by atoms with Gasteiger partial charge in [0.25, 0.3) is 0 Å². The Labute approximate surface area is 128 Å². The van der Waals surface area contributed by atoms with Crippen molar-refractivity contribution < 1.29 is 9.53 Å². The second-order valence-electron chi connectivity index (χ2n) is 6.17. The Morgan fingerprint density at radius 1 is 1.19 bits per heavy atom. The van der Waals surface area contributed by atoms with Gasteiger partial charge in [-0.2, -0.15) is 0 Å². The number of nitrogens with one attached hydrogen (secondary N) is 1. The first-order chi connectivity index (χ1) is 10.2. The van der Waals surface area contributed by atoms with Gasteiger partial charge in [-0.3, -0.25) is 0 Å². The van der Waals surface area contributed by atoms with Crippen molar-refractivity contribution in [2.75, 3.05) is 11.9 Å². The summed E-state index contributed by atoms with van der Waals surface area (Å²) in [6.45, 7) is 4.83. The lowest BCUT2D eigenvalue weighted by atomic mass is 10.0. The highest BCUT2D eigenvalue weighted by atomic mass is 16.5. The summed E-state index contributed by atoms with van der Waals surface area (Å²) < 4.78 is 5.14. The number of esters is 1. The standard InChI is InChI=1S/C18H27NO2/c1-3-13-21-18(20)15-8-11-17(12-9-15)19-16-6-4-5-14(2)7-10-16/h8-9,11-12,14,16,19H,3-7,10,13H2,1-2H3. The summed E-state index contributed by atoms with van der Waals surface area (Å²) >= 11 is 0. The van der Waals surface area contributed by atoms with Crippen LogP contribution in [0.2, 0.25) is 0 Å². The maximum Gasteiger partial charge on any atom is 0.338 e. The number of benzene rings is 1. The normalized spacial score (nSPS) is 22.4. The van der Waals surface area contributed by atoms with Crippen LogP contribution in [0.25, 0.3) is 0 Å². The maximum atomic E-state index is 11.7. The highest BCUT2D eigenvalue weighted by molar-refractivity contribution is 5.89. The molecule has 0 heterocycles. The summed E-state index contributed by atoms with van der Waals surface area (Å²) in [5.74, 6) is 0.624. The zero-order valence-electron chi connectivity index (χ0n) is 13.2. The van der Waals surface area contributed by atoms with Crippen molar-refractivity contribution in [2.24, 2.45) is 5.92 Å². The summed E-state index contributed by atoms with van der Waals surface area (Å²) in [6, 6.07) is 8.22. The summed E-state index contributed by atoms with van der Waals surface area (Å²) in [5.41, 5.74) is 1.73. The summed E-state index contributed by atoms with van der Waals surface area (Å²) in [4.78, 5) is 11.7. The maximum absolute atomic E-state index is 11.7. The Kier molecular flexibility index (Phi) is 6.09. The van der Waals surface area contributed by atoms with Crippen molar-refractivity contribution in [3.8, 4) is 0 Å². The molecule has 116 valence electrons. The third-order valence-corrected chi connectivity index (χ3v) is 4.19. The van der Waals surface area contributed by atoms with Crippen LogP contribution >= 0.6 is 0 Å². The monoisotopic (exact) mass is 289 g/mol. The molecule has 1 saturated carbocycles. The fourth-order valence-corrected chi connectivity index (χ4v) is 2.85. The van der Waals surface area contributed by atoms with E-state index in [1.165, 1.54) is 32.1 Å². The van der Waals surface area contributed by atoms with E-state index in [2.05, 4.69) is 12.2 Å². The molecule has 2 rings (SSSR count). The molecule has 0 saturated heterocycles. The minimum absolute atomic E-state index is 0.230. The second kappa shape index (κ2) is 8.06. The fourth-order valence-electron chi connectivity index (χ4n) is 2.85. The van der Waals surface area contributed by atoms with Crippen LogP contribution in [-0.4, -0.2) is 18.6 Å². The predicted octanol–water partition coefficient (Wildman–Crippen LogP) is 4.63. The number of carbonyl (C=O) groups excluding carboxylic acids is 1. The molecule has 2 atom stereocenters. The zero-order valence-corrected chi connectivity index (χ0v) is 13.2. The van der Waals surface area contributed by atoms with Crippen molar-refractivity contribution >= 4 is 11.7 Å². The van der Waals surface area contributed by atoms with Crippen molar-refractivity contribution in [3.05, 3.63) is 29.8 Å². The summed E-state index contributed by atoms with van der Waals surface area (Å²) in [6.07, 6.45) is 7.29. The van der Waals surface area contributed by atoms with Crippen molar-refractivity contribution in [2.45, 2.75) is 58.4 Å². The SMILES string of the molecule is CCCOC(=O)c1ccc(NC2CCCC(C)CC2)cc1. The van der Waals surface area contributed by atoms with Gasteiger partial charge in [0.15, 0.2) is 0 Å². The molecular weight excluding hydrogens is 262 g/mol. The Balaban J connectivity index is 1.88. The number of hydrogen-bond donors (Lipinski definition) is 1. The number of ether oxygens (including phenoxy) is 1. The minimum atomic E-state index is -0.230. The van der Waals surface area contributed by atoms with E-state index in [9.17, 15) is 4.79 Å². The zero-order chi connectivity index (χ0) is 15.1. The smallest absolute Gasteiger partial charge is 0.338 e. The van der Waals surface area contributed by atoms with Crippen LogP contribution < -0.4 is 5.32 Å². The van der Waals surface area contributed by atoms with E-state index in [0.717, 1.165) is 18.0 Å². The van der Waals surface area contributed by atoms with Crippen LogP contribution in [0, 0.1) is 5.92 Å². The number of rotatable bonds is 5. The van der Waals surface area contributed by atoms with Gasteiger partial charge in [-0.15, -0.1) is 0 Å². The highest BCUT2D eigenvalue weighted by Crippen LogP contribution is 2.25. The molecule has 0 aliphatic heterocycles. The quantitative estimate of drug-likeness (QED) is 0.634. The van der Waals surface area contributed by atoms with Crippen LogP contribution in [0.15, 0.2) is 24.3 Å². The van der Waals surface area contributed by atoms with Gasteiger partial charge in [0.05, 0.1) is 12.2 Å². The van der Waals surface area contributed by atoms with E-state index in [4.69, 9.17) is 4.74 Å². The van der Waals surface area contributed by atoms with Gasteiger partial charge in [0.2, 0.25) is 0 Å². The average molecular weight is 289 g/mol. The molecule has 1 aromatic rings. The van der Waals surface area contributed by atoms with E-state index in [0.29, 0.717) is 18.2 Å². The van der Waals surface area contributed by atoms with Gasteiger partial charge in [-0.25, -0.2) is 4.79 Å². The van der Waals surface area contributed by atoms with E-state index < -0.39 is 0 Å². The molecule has 3 heteroatoms. The third-order valence-electron chi connectivity index (χ3n) is 4.19. The average Bonchev–Trinajstić information content (AvgIpc) is 2.70. The predicted molar refractivity (Wildman–Crippen MR) is 86.7 cm³/mol. The molecule has 1 N–H and O–H groups in total. The molecule has 2 unspecified atom stereocenters. The molecule has 1 fully saturated rings. The fraction of sp³-hybridized carbons (Fsp3) is 0.611. The van der Waals surface area contributed by atoms with Crippen LogP contribution in [0.4, 0.5) is 5.69 Å². The van der Waals surface area contributed by atoms with Gasteiger partial charge in [-0.05, 0) is 55.9 Å². The Hall–Kier alpha value is -1.51. The van der Waals surface area contributed by atoms with E-state index in [-0.39, 0.29) is 5.97 Å². The molecule has 1 aliphatic rings. The molecular formula is C18H27NO2. The molecule has 0 radical (unpaired) electrons. The lowest BCUT2D eigenvalue weighted by Gasteiger charge is -2.18. The van der Waals surface area contributed by atoms with Crippen molar-refractivity contribution in [3.63, 3.8) is 0 Å². The van der Waals surface area contributed by atoms with E-state index >= 15 is 0 Å². The minimum Gasteiger partial charge on any atom is -0.462 e. The Morgan fingerprint density at radius 2 is 1.95 bits per heavy atom. The lowest BCUT2D eigenvalue weighted by Crippen LogP contribution is -2.18. The van der Waals surface area contributed by atoms with Crippen molar-refractivity contribution in [1.82, 2.24) is 0 Å². The van der Waals surface area contributed by atoms with Crippen LogP contribution in [0.1, 0.15) is 62.7 Å². The number of hydrogen-bond acceptors (Lipinski definition) is 3. The number of anilines is 1. The first kappa shape index (κ1) is 15.9. The molecule has 1 aromatic carbocycles. The van der Waals surface area contributed by atoms with Crippen molar-refractivity contribution in [1.29, 1.82) is 0 Å². The summed E-state index contributed by atoms with van der Waals surface area (Å²) in [7, 11) is 0. The Bertz CT molecular complexity index is 441. The topological polar surface area (TPSA) is 38.3 Å². The Morgan fingerprint density at radius 3 is 2.67 bits per heavy atom. The van der Waals surface area contributed by atoms with Gasteiger partial charge < -0.3 is 10.1 Å². The van der Waals surface area contributed by atoms with Gasteiger partial charge in [-0.1, -0.05) is 26.7 Å². The lowest BCUT2D eigenvalue weighted by molar-refractivity contribution is 0.0505. The third kappa shape index (κ3) is 5.07. The van der Waals surface area contributed by atoms with Gasteiger partial charge in [0.1, 0.15) is 0 Å². The van der Waals surface area contributed by atoms with Crippen LogP contribution in [0.3, 0.4) is 0 Å². The van der Waals surface area contributed by atoms with Gasteiger partial charge >= 0.3 is 5.97 Å². The molecule has 0 amide bonds. The number of carbonyl (C=O) groups is 1. The molecule has 21 heavy (non-hydrogen) atoms. The van der Waals surface area contributed by atoms with Crippen LogP contribution in [-0.2, 0) is 4.74 Å². The van der Waals surface area contributed by atoms with E-state index in [1.807, 2.05) is 31.2 Å². The molecule has 1 aliphatic carbocycles. The molecule has 0 spiro atoms. The first-order valence-electron chi connectivity index (χ1n) is 8.22.